The number of nitrogens with one attached hydrogen (secondary N) is 2. The van der Waals surface area contributed by atoms with Crippen LogP contribution in [0.2, 0.25) is 0 Å². The lowest BCUT2D eigenvalue weighted by molar-refractivity contribution is -0.117. The van der Waals surface area contributed by atoms with Crippen molar-refractivity contribution in [3.05, 3.63) is 40.4 Å². The normalized spacial score (nSPS) is 19.3. The molecule has 102 valence electrons. The fourth-order valence-electron chi connectivity index (χ4n) is 2.95. The van der Waals surface area contributed by atoms with Gasteiger partial charge < -0.3 is 10.6 Å². The summed E-state index contributed by atoms with van der Waals surface area (Å²) in [6, 6.07) is 7.99. The number of thiazole rings is 1. The highest BCUT2D eigenvalue weighted by Crippen LogP contribution is 2.34. The Hall–Kier alpha value is -1.88. The maximum absolute atomic E-state index is 12.4. The Labute approximate surface area is 121 Å². The van der Waals surface area contributed by atoms with Gasteiger partial charge in [0.05, 0.1) is 11.6 Å². The maximum Gasteiger partial charge on any atom is 0.235 e. The molecule has 4 nitrogen and oxygen atoms in total. The summed E-state index contributed by atoms with van der Waals surface area (Å²) in [5, 5.41) is 7.01. The molecule has 1 unspecified atom stereocenters. The molecule has 0 radical (unpaired) electrons. The highest BCUT2D eigenvalue weighted by Gasteiger charge is 2.29. The zero-order chi connectivity index (χ0) is 13.5. The van der Waals surface area contributed by atoms with Crippen LogP contribution in [0.1, 0.15) is 28.5 Å². The van der Waals surface area contributed by atoms with Crippen LogP contribution in [0.15, 0.2) is 24.3 Å². The molecule has 0 saturated carbocycles. The number of carbonyl (C=O) groups excluding carboxylic acids is 1. The molecule has 0 bridgehead atoms. The summed E-state index contributed by atoms with van der Waals surface area (Å²) in [5.74, 6) is -0.0835. The van der Waals surface area contributed by atoms with Gasteiger partial charge in [0, 0.05) is 17.1 Å². The second-order valence-corrected chi connectivity index (χ2v) is 6.34. The molecule has 1 aliphatic carbocycles. The molecule has 4 rings (SSSR count). The minimum atomic E-state index is -0.120. The molecule has 2 aliphatic rings. The number of amides is 1. The quantitative estimate of drug-likeness (QED) is 0.892. The smallest absolute Gasteiger partial charge is 0.235 e. The maximum atomic E-state index is 12.4. The number of fused-ring (bicyclic) bond motifs is 2. The minimum Gasteiger partial charge on any atom is -0.384 e. The van der Waals surface area contributed by atoms with E-state index in [1.54, 1.807) is 11.3 Å². The van der Waals surface area contributed by atoms with Gasteiger partial charge in [0.25, 0.3) is 0 Å². The van der Waals surface area contributed by atoms with Crippen molar-refractivity contribution in [1.29, 1.82) is 0 Å². The minimum absolute atomic E-state index is 0.0369. The van der Waals surface area contributed by atoms with E-state index in [1.165, 1.54) is 17.0 Å². The first-order chi connectivity index (χ1) is 9.81. The van der Waals surface area contributed by atoms with E-state index in [9.17, 15) is 4.79 Å². The Bertz CT molecular complexity index is 658. The summed E-state index contributed by atoms with van der Waals surface area (Å²) >= 11 is 1.63. The van der Waals surface area contributed by atoms with Crippen LogP contribution in [0, 0.1) is 0 Å². The Morgan fingerprint density at radius 1 is 1.35 bits per heavy atom. The highest BCUT2D eigenvalue weighted by atomic mass is 32.1. The van der Waals surface area contributed by atoms with E-state index in [0.29, 0.717) is 6.54 Å². The molecule has 1 aliphatic heterocycles. The number of carbonyl (C=O) groups is 1. The zero-order valence-corrected chi connectivity index (χ0v) is 11.8. The van der Waals surface area contributed by atoms with Crippen LogP contribution in [0.3, 0.4) is 0 Å². The number of benzene rings is 1. The average molecular weight is 285 g/mol. The number of aryl methyl sites for hydroxylation is 2. The van der Waals surface area contributed by atoms with E-state index in [-0.39, 0.29) is 11.8 Å². The predicted molar refractivity (Wildman–Crippen MR) is 80.4 cm³/mol. The molecule has 1 aromatic carbocycles. The van der Waals surface area contributed by atoms with E-state index in [2.05, 4.69) is 15.6 Å². The van der Waals surface area contributed by atoms with Gasteiger partial charge in [-0.2, -0.15) is 0 Å². The molecule has 1 amide bonds. The second-order valence-electron chi connectivity index (χ2n) is 5.25. The molecule has 5 heteroatoms. The lowest BCUT2D eigenvalue weighted by atomic mass is 10.0. The van der Waals surface area contributed by atoms with Crippen molar-refractivity contribution in [1.82, 2.24) is 4.98 Å². The van der Waals surface area contributed by atoms with Crippen LogP contribution in [0.5, 0.6) is 0 Å². The molecule has 1 atom stereocenters. The SMILES string of the molecule is O=C(Nc1nc2c(s1)CCC2)C1CNc2ccccc21. The van der Waals surface area contributed by atoms with Crippen LogP contribution >= 0.6 is 11.3 Å². The number of hydrogen-bond acceptors (Lipinski definition) is 4. The molecule has 0 saturated heterocycles. The molecular weight excluding hydrogens is 270 g/mol. The Morgan fingerprint density at radius 2 is 2.25 bits per heavy atom. The second kappa shape index (κ2) is 4.59. The van der Waals surface area contributed by atoms with Gasteiger partial charge in [-0.15, -0.1) is 11.3 Å². The topological polar surface area (TPSA) is 54.0 Å². The number of aromatic nitrogens is 1. The Morgan fingerprint density at radius 3 is 3.15 bits per heavy atom. The van der Waals surface area contributed by atoms with Crippen molar-refractivity contribution in [2.75, 3.05) is 17.2 Å². The van der Waals surface area contributed by atoms with E-state index in [1.807, 2.05) is 24.3 Å². The number of rotatable bonds is 2. The number of nitrogens with zero attached hydrogens (tertiary/aromatic N) is 1. The molecular formula is C15H15N3OS. The van der Waals surface area contributed by atoms with Crippen LogP contribution in [-0.4, -0.2) is 17.4 Å². The van der Waals surface area contributed by atoms with Gasteiger partial charge in [0.1, 0.15) is 0 Å². The van der Waals surface area contributed by atoms with Crippen molar-refractivity contribution < 1.29 is 4.79 Å². The van der Waals surface area contributed by atoms with Gasteiger partial charge in [-0.1, -0.05) is 18.2 Å². The third-order valence-electron chi connectivity index (χ3n) is 3.98. The van der Waals surface area contributed by atoms with E-state index < -0.39 is 0 Å². The van der Waals surface area contributed by atoms with Crippen LogP contribution < -0.4 is 10.6 Å². The highest BCUT2D eigenvalue weighted by molar-refractivity contribution is 7.15. The molecule has 0 fully saturated rings. The van der Waals surface area contributed by atoms with Gasteiger partial charge in [-0.05, 0) is 30.9 Å². The largest absolute Gasteiger partial charge is 0.384 e. The molecule has 2 aromatic rings. The standard InChI is InChI=1S/C15H15N3OS/c19-14(10-8-16-11-5-2-1-4-9(10)11)18-15-17-12-6-3-7-13(12)20-15/h1-2,4-5,10,16H,3,6-8H2,(H,17,18,19). The number of para-hydroxylation sites is 1. The molecule has 1 aromatic heterocycles. The Kier molecular flexibility index (Phi) is 2.73. The summed E-state index contributed by atoms with van der Waals surface area (Å²) in [6.45, 7) is 0.663. The monoisotopic (exact) mass is 285 g/mol. The zero-order valence-electron chi connectivity index (χ0n) is 11.0. The molecule has 2 N–H and O–H groups in total. The summed E-state index contributed by atoms with van der Waals surface area (Å²) in [7, 11) is 0. The van der Waals surface area contributed by atoms with Crippen LogP contribution in [-0.2, 0) is 17.6 Å². The van der Waals surface area contributed by atoms with E-state index >= 15 is 0 Å². The van der Waals surface area contributed by atoms with Crippen molar-refractivity contribution >= 4 is 28.1 Å². The average Bonchev–Trinajstić information content (AvgIpc) is 3.10. The first-order valence-electron chi connectivity index (χ1n) is 6.93. The first kappa shape index (κ1) is 11.9. The van der Waals surface area contributed by atoms with Crippen molar-refractivity contribution in [2.24, 2.45) is 0 Å². The van der Waals surface area contributed by atoms with Gasteiger partial charge in [-0.3, -0.25) is 4.79 Å². The summed E-state index contributed by atoms with van der Waals surface area (Å²) in [6.07, 6.45) is 3.36. The third kappa shape index (κ3) is 1.89. The predicted octanol–water partition coefficient (Wildman–Crippen LogP) is 2.78. The van der Waals surface area contributed by atoms with Gasteiger partial charge in [-0.25, -0.2) is 4.98 Å². The first-order valence-corrected chi connectivity index (χ1v) is 7.75. The molecule has 20 heavy (non-hydrogen) atoms. The fourth-order valence-corrected chi connectivity index (χ4v) is 4.01. The molecule has 0 spiro atoms. The summed E-state index contributed by atoms with van der Waals surface area (Å²) < 4.78 is 0. The lowest BCUT2D eigenvalue weighted by Crippen LogP contribution is -2.22. The van der Waals surface area contributed by atoms with Crippen molar-refractivity contribution in [3.63, 3.8) is 0 Å². The van der Waals surface area contributed by atoms with Gasteiger partial charge >= 0.3 is 0 Å². The van der Waals surface area contributed by atoms with Crippen molar-refractivity contribution in [2.45, 2.75) is 25.2 Å². The van der Waals surface area contributed by atoms with Gasteiger partial charge in [0.15, 0.2) is 5.13 Å². The van der Waals surface area contributed by atoms with Gasteiger partial charge in [0.2, 0.25) is 5.91 Å². The lowest BCUT2D eigenvalue weighted by Gasteiger charge is -2.09. The fraction of sp³-hybridized carbons (Fsp3) is 0.333. The third-order valence-corrected chi connectivity index (χ3v) is 5.05. The van der Waals surface area contributed by atoms with E-state index in [4.69, 9.17) is 0 Å². The number of hydrogen-bond donors (Lipinski definition) is 2. The van der Waals surface area contributed by atoms with Crippen LogP contribution in [0.4, 0.5) is 10.8 Å². The van der Waals surface area contributed by atoms with Crippen LogP contribution in [0.25, 0.3) is 0 Å². The summed E-state index contributed by atoms with van der Waals surface area (Å²) in [5.41, 5.74) is 3.32. The van der Waals surface area contributed by atoms with Crippen molar-refractivity contribution in [3.8, 4) is 0 Å². The summed E-state index contributed by atoms with van der Waals surface area (Å²) in [4.78, 5) is 18.3. The number of anilines is 2. The Balaban J connectivity index is 1.53. The van der Waals surface area contributed by atoms with E-state index in [0.717, 1.165) is 29.2 Å². The molecule has 2 heterocycles.